The van der Waals surface area contributed by atoms with Crippen molar-refractivity contribution in [1.29, 1.82) is 0 Å². The van der Waals surface area contributed by atoms with Crippen LogP contribution in [0.1, 0.15) is 44.8 Å². The number of carbonyl (C=O) groups excluding carboxylic acids is 2. The number of thiophene rings is 2. The summed E-state index contributed by atoms with van der Waals surface area (Å²) in [5, 5.41) is 5.14. The Morgan fingerprint density at radius 2 is 2.12 bits per heavy atom. The van der Waals surface area contributed by atoms with E-state index in [2.05, 4.69) is 28.6 Å². The van der Waals surface area contributed by atoms with Gasteiger partial charge in [0.2, 0.25) is 5.91 Å². The van der Waals surface area contributed by atoms with Crippen LogP contribution in [0.25, 0.3) is 0 Å². The van der Waals surface area contributed by atoms with Crippen LogP contribution >= 0.6 is 22.7 Å². The van der Waals surface area contributed by atoms with Crippen LogP contribution in [0.4, 0.5) is 0 Å². The van der Waals surface area contributed by atoms with E-state index in [0.717, 1.165) is 29.3 Å². The summed E-state index contributed by atoms with van der Waals surface area (Å²) in [5.74, 6) is 0.0176. The van der Waals surface area contributed by atoms with Gasteiger partial charge in [-0.1, -0.05) is 0 Å². The number of Topliss-reactive ketones (excluding diaryl/α,β-unsaturated/α-hetero) is 1. The Hall–Kier alpha value is -1.50. The predicted molar refractivity (Wildman–Crippen MR) is 104 cm³/mol. The Kier molecular flexibility index (Phi) is 6.04. The number of nitrogens with zero attached hydrogens (tertiary/aromatic N) is 1. The van der Waals surface area contributed by atoms with E-state index in [0.29, 0.717) is 12.6 Å². The molecule has 0 radical (unpaired) electrons. The molecule has 0 saturated carbocycles. The third-order valence-corrected chi connectivity index (χ3v) is 6.71. The highest BCUT2D eigenvalue weighted by molar-refractivity contribution is 7.14. The molecule has 0 spiro atoms. The molecule has 6 heteroatoms. The number of amides is 1. The molecule has 0 fully saturated rings. The first kappa shape index (κ1) is 18.3. The number of hydrogen-bond acceptors (Lipinski definition) is 5. The van der Waals surface area contributed by atoms with Crippen LogP contribution in [-0.4, -0.2) is 35.7 Å². The van der Waals surface area contributed by atoms with Crippen LogP contribution in [0.15, 0.2) is 23.6 Å². The molecule has 1 aliphatic heterocycles. The topological polar surface area (TPSA) is 49.4 Å². The van der Waals surface area contributed by atoms with Gasteiger partial charge in [0.05, 0.1) is 4.88 Å². The molecule has 0 aliphatic carbocycles. The van der Waals surface area contributed by atoms with E-state index in [-0.39, 0.29) is 24.5 Å². The molecule has 2 aromatic rings. The third kappa shape index (κ3) is 4.77. The fourth-order valence-electron chi connectivity index (χ4n) is 3.06. The summed E-state index contributed by atoms with van der Waals surface area (Å²) in [6, 6.07) is 6.29. The summed E-state index contributed by atoms with van der Waals surface area (Å²) in [4.78, 5) is 29.9. The van der Waals surface area contributed by atoms with Crippen molar-refractivity contribution >= 4 is 34.4 Å². The Bertz CT molecular complexity index is 750. The molecule has 25 heavy (non-hydrogen) atoms. The average Bonchev–Trinajstić information content (AvgIpc) is 3.25. The lowest BCUT2D eigenvalue weighted by Gasteiger charge is -2.32. The molecule has 1 aliphatic rings. The van der Waals surface area contributed by atoms with Gasteiger partial charge in [0.1, 0.15) is 0 Å². The molecule has 0 aromatic carbocycles. The fourth-order valence-corrected chi connectivity index (χ4v) is 4.78. The molecule has 0 saturated heterocycles. The summed E-state index contributed by atoms with van der Waals surface area (Å²) in [7, 11) is 0. The minimum atomic E-state index is -0.0401. The first-order valence-corrected chi connectivity index (χ1v) is 10.4. The van der Waals surface area contributed by atoms with Gasteiger partial charge in [-0.15, -0.1) is 22.7 Å². The van der Waals surface area contributed by atoms with Crippen molar-refractivity contribution in [2.45, 2.75) is 45.7 Å². The van der Waals surface area contributed by atoms with E-state index < -0.39 is 0 Å². The van der Waals surface area contributed by atoms with Crippen LogP contribution in [0, 0.1) is 6.92 Å². The van der Waals surface area contributed by atoms with E-state index in [1.807, 2.05) is 30.4 Å². The third-order valence-electron chi connectivity index (χ3n) is 4.65. The molecule has 1 unspecified atom stereocenters. The van der Waals surface area contributed by atoms with Gasteiger partial charge in [-0.05, 0) is 49.4 Å². The first-order chi connectivity index (χ1) is 12.0. The van der Waals surface area contributed by atoms with Gasteiger partial charge in [-0.25, -0.2) is 0 Å². The monoisotopic (exact) mass is 376 g/mol. The Labute approximate surface area is 156 Å². The van der Waals surface area contributed by atoms with Gasteiger partial charge in [0, 0.05) is 48.3 Å². The Balaban J connectivity index is 1.39. The minimum absolute atomic E-state index is 0.0401. The zero-order valence-corrected chi connectivity index (χ0v) is 16.3. The number of fused-ring (bicyclic) bond motifs is 1. The number of ketones is 1. The first-order valence-electron chi connectivity index (χ1n) is 8.68. The van der Waals surface area contributed by atoms with Gasteiger partial charge in [0.25, 0.3) is 0 Å². The highest BCUT2D eigenvalue weighted by Crippen LogP contribution is 2.25. The number of carbonyl (C=O) groups is 2. The van der Waals surface area contributed by atoms with Crippen molar-refractivity contribution in [3.05, 3.63) is 43.8 Å². The van der Waals surface area contributed by atoms with Crippen LogP contribution in [0.3, 0.4) is 0 Å². The van der Waals surface area contributed by atoms with Gasteiger partial charge in [0.15, 0.2) is 5.78 Å². The zero-order valence-electron chi connectivity index (χ0n) is 14.7. The SMILES string of the molecule is Cc1ccc(C(=O)CCC(=O)NCC(C)N2CCc3sccc3C2)s1. The molecule has 1 N–H and O–H groups in total. The summed E-state index contributed by atoms with van der Waals surface area (Å²) >= 11 is 3.33. The molecule has 3 heterocycles. The van der Waals surface area contributed by atoms with Crippen LogP contribution in [-0.2, 0) is 17.8 Å². The maximum atomic E-state index is 12.1. The van der Waals surface area contributed by atoms with Gasteiger partial charge in [-0.3, -0.25) is 14.5 Å². The standard InChI is InChI=1S/C19H24N2O2S2/c1-13(21-9-7-17-15(12-21)8-10-24-17)11-20-19(23)6-4-16(22)18-5-3-14(2)25-18/h3,5,8,10,13H,4,6-7,9,11-12H2,1-2H3,(H,20,23). The maximum absolute atomic E-state index is 12.1. The van der Waals surface area contributed by atoms with E-state index in [9.17, 15) is 9.59 Å². The summed E-state index contributed by atoms with van der Waals surface area (Å²) in [6.45, 7) is 6.77. The molecule has 2 aromatic heterocycles. The van der Waals surface area contributed by atoms with E-state index >= 15 is 0 Å². The average molecular weight is 377 g/mol. The predicted octanol–water partition coefficient (Wildman–Crippen LogP) is 3.64. The van der Waals surface area contributed by atoms with Crippen molar-refractivity contribution in [3.63, 3.8) is 0 Å². The van der Waals surface area contributed by atoms with Gasteiger partial charge >= 0.3 is 0 Å². The Morgan fingerprint density at radius 3 is 2.88 bits per heavy atom. The lowest BCUT2D eigenvalue weighted by atomic mass is 10.1. The smallest absolute Gasteiger partial charge is 0.220 e. The maximum Gasteiger partial charge on any atom is 0.220 e. The van der Waals surface area contributed by atoms with Crippen molar-refractivity contribution in [3.8, 4) is 0 Å². The number of aryl methyl sites for hydroxylation is 1. The summed E-state index contributed by atoms with van der Waals surface area (Å²) in [6.07, 6.45) is 1.64. The largest absolute Gasteiger partial charge is 0.355 e. The summed E-state index contributed by atoms with van der Waals surface area (Å²) < 4.78 is 0. The van der Waals surface area contributed by atoms with Gasteiger partial charge in [-0.2, -0.15) is 0 Å². The molecular formula is C19H24N2O2S2. The van der Waals surface area contributed by atoms with Crippen molar-refractivity contribution < 1.29 is 9.59 Å². The van der Waals surface area contributed by atoms with E-state index in [1.165, 1.54) is 21.8 Å². The van der Waals surface area contributed by atoms with Crippen molar-refractivity contribution in [2.24, 2.45) is 0 Å². The molecule has 1 atom stereocenters. The van der Waals surface area contributed by atoms with Crippen LogP contribution < -0.4 is 5.32 Å². The summed E-state index contributed by atoms with van der Waals surface area (Å²) in [5.41, 5.74) is 1.42. The molecule has 4 nitrogen and oxygen atoms in total. The quantitative estimate of drug-likeness (QED) is 0.751. The van der Waals surface area contributed by atoms with Crippen LogP contribution in [0.2, 0.25) is 0 Å². The highest BCUT2D eigenvalue weighted by atomic mass is 32.1. The molecule has 0 bridgehead atoms. The second kappa shape index (κ2) is 8.25. The Morgan fingerprint density at radius 1 is 1.28 bits per heavy atom. The second-order valence-electron chi connectivity index (χ2n) is 6.58. The molecule has 3 rings (SSSR count). The lowest BCUT2D eigenvalue weighted by molar-refractivity contribution is -0.121. The number of hydrogen-bond donors (Lipinski definition) is 1. The fraction of sp³-hybridized carbons (Fsp3) is 0.474. The minimum Gasteiger partial charge on any atom is -0.355 e. The van der Waals surface area contributed by atoms with Crippen molar-refractivity contribution in [2.75, 3.05) is 13.1 Å². The van der Waals surface area contributed by atoms with E-state index in [1.54, 1.807) is 0 Å². The van der Waals surface area contributed by atoms with Gasteiger partial charge < -0.3 is 5.32 Å². The molecule has 1 amide bonds. The zero-order chi connectivity index (χ0) is 17.8. The van der Waals surface area contributed by atoms with Crippen molar-refractivity contribution in [1.82, 2.24) is 10.2 Å². The molecule has 134 valence electrons. The number of nitrogens with one attached hydrogen (secondary N) is 1. The number of rotatable bonds is 7. The highest BCUT2D eigenvalue weighted by Gasteiger charge is 2.21. The normalized spacial score (nSPS) is 15.6. The van der Waals surface area contributed by atoms with Crippen LogP contribution in [0.5, 0.6) is 0 Å². The lowest BCUT2D eigenvalue weighted by Crippen LogP contribution is -2.44. The second-order valence-corrected chi connectivity index (χ2v) is 8.86. The van der Waals surface area contributed by atoms with E-state index in [4.69, 9.17) is 0 Å². The molecular weight excluding hydrogens is 352 g/mol.